The maximum atomic E-state index is 12.2. The van der Waals surface area contributed by atoms with Gasteiger partial charge in [0.15, 0.2) is 11.5 Å². The van der Waals surface area contributed by atoms with E-state index in [0.29, 0.717) is 36.1 Å². The first-order valence-corrected chi connectivity index (χ1v) is 8.44. The molecule has 7 nitrogen and oxygen atoms in total. The molecule has 0 saturated carbocycles. The van der Waals surface area contributed by atoms with Gasteiger partial charge in [-0.3, -0.25) is 4.79 Å². The van der Waals surface area contributed by atoms with Crippen LogP contribution < -0.4 is 20.1 Å². The summed E-state index contributed by atoms with van der Waals surface area (Å²) in [5.74, 6) is 0.724. The molecule has 0 heterocycles. The highest BCUT2D eigenvalue weighted by molar-refractivity contribution is 6.06. The molecule has 0 aromatic heterocycles. The molecule has 140 valence electrons. The topological polar surface area (TPSA) is 104 Å². The van der Waals surface area contributed by atoms with E-state index in [9.17, 15) is 15.2 Å². The van der Waals surface area contributed by atoms with E-state index in [-0.39, 0.29) is 11.3 Å². The van der Waals surface area contributed by atoms with E-state index < -0.39 is 5.91 Å². The van der Waals surface area contributed by atoms with Crippen LogP contribution in [0.1, 0.15) is 13.8 Å². The number of hydrogen-bond acceptors (Lipinski definition) is 6. The molecule has 27 heavy (non-hydrogen) atoms. The third-order valence-electron chi connectivity index (χ3n) is 3.42. The molecule has 1 amide bonds. The molecule has 0 aliphatic heterocycles. The first-order valence-electron chi connectivity index (χ1n) is 8.44. The van der Waals surface area contributed by atoms with Crippen LogP contribution in [0.3, 0.4) is 0 Å². The first-order chi connectivity index (χ1) is 13.1. The molecule has 0 saturated heterocycles. The number of nitrogens with one attached hydrogen (secondary N) is 2. The van der Waals surface area contributed by atoms with Gasteiger partial charge in [0.05, 0.1) is 13.2 Å². The maximum Gasteiger partial charge on any atom is 0.267 e. The molecule has 3 N–H and O–H groups in total. The van der Waals surface area contributed by atoms with E-state index in [1.54, 1.807) is 18.2 Å². The second-order valence-electron chi connectivity index (χ2n) is 5.34. The lowest BCUT2D eigenvalue weighted by atomic mass is 10.2. The number of anilines is 2. The second kappa shape index (κ2) is 9.73. The lowest BCUT2D eigenvalue weighted by Gasteiger charge is -2.12. The molecule has 0 radical (unpaired) electrons. The summed E-state index contributed by atoms with van der Waals surface area (Å²) in [4.78, 5) is 12.2. The van der Waals surface area contributed by atoms with E-state index in [0.717, 1.165) is 0 Å². The predicted octanol–water partition coefficient (Wildman–Crippen LogP) is 3.65. The van der Waals surface area contributed by atoms with Gasteiger partial charge in [0, 0.05) is 23.6 Å². The summed E-state index contributed by atoms with van der Waals surface area (Å²) < 4.78 is 11.1. The molecule has 0 aliphatic rings. The summed E-state index contributed by atoms with van der Waals surface area (Å²) >= 11 is 0. The Balaban J connectivity index is 2.11. The van der Waals surface area contributed by atoms with Gasteiger partial charge in [-0.05, 0) is 50.2 Å². The molecule has 2 aromatic carbocycles. The number of rotatable bonds is 8. The Morgan fingerprint density at radius 1 is 1.07 bits per heavy atom. The van der Waals surface area contributed by atoms with Gasteiger partial charge in [0.2, 0.25) is 0 Å². The van der Waals surface area contributed by atoms with Crippen molar-refractivity contribution in [2.24, 2.45) is 0 Å². The Hall–Kier alpha value is -3.66. The van der Waals surface area contributed by atoms with Crippen LogP contribution in [0.4, 0.5) is 11.4 Å². The first kappa shape index (κ1) is 19.7. The average Bonchev–Trinajstić information content (AvgIpc) is 2.66. The number of carbonyl (C=O) groups excluding carboxylic acids is 1. The van der Waals surface area contributed by atoms with E-state index in [1.807, 2.05) is 19.9 Å². The number of nitriles is 1. The Morgan fingerprint density at radius 2 is 1.70 bits per heavy atom. The highest BCUT2D eigenvalue weighted by atomic mass is 16.5. The minimum Gasteiger partial charge on any atom is -0.508 e. The monoisotopic (exact) mass is 367 g/mol. The zero-order chi connectivity index (χ0) is 19.6. The predicted molar refractivity (Wildman–Crippen MR) is 103 cm³/mol. The minimum atomic E-state index is -0.563. The molecule has 0 atom stereocenters. The normalized spacial score (nSPS) is 10.6. The summed E-state index contributed by atoms with van der Waals surface area (Å²) in [6.45, 7) is 4.76. The van der Waals surface area contributed by atoms with Crippen LogP contribution in [0.25, 0.3) is 0 Å². The van der Waals surface area contributed by atoms with Crippen molar-refractivity contribution in [1.82, 2.24) is 0 Å². The zero-order valence-corrected chi connectivity index (χ0v) is 15.2. The zero-order valence-electron chi connectivity index (χ0n) is 15.2. The van der Waals surface area contributed by atoms with Crippen molar-refractivity contribution in [2.45, 2.75) is 13.8 Å². The Labute approximate surface area is 157 Å². The standard InChI is InChI=1S/C20H21N3O4/c1-3-26-18-10-7-16(11-19(18)27-4-2)22-13-14(12-21)20(25)23-15-5-8-17(24)9-6-15/h5-11,13,22,24H,3-4H2,1-2H3,(H,23,25)/b14-13-. The average molecular weight is 367 g/mol. The van der Waals surface area contributed by atoms with Crippen molar-refractivity contribution in [3.8, 4) is 23.3 Å². The van der Waals surface area contributed by atoms with Crippen LogP contribution in [-0.4, -0.2) is 24.2 Å². The van der Waals surface area contributed by atoms with E-state index in [4.69, 9.17) is 9.47 Å². The van der Waals surface area contributed by atoms with E-state index in [1.165, 1.54) is 30.5 Å². The molecule has 7 heteroatoms. The summed E-state index contributed by atoms with van der Waals surface area (Å²) in [6.07, 6.45) is 1.32. The van der Waals surface area contributed by atoms with Gasteiger partial charge in [-0.2, -0.15) is 5.26 Å². The summed E-state index contributed by atoms with van der Waals surface area (Å²) in [5.41, 5.74) is 1.01. The fourth-order valence-corrected chi connectivity index (χ4v) is 2.19. The Morgan fingerprint density at radius 3 is 2.33 bits per heavy atom. The molecule has 2 aromatic rings. The van der Waals surface area contributed by atoms with Gasteiger partial charge in [0.25, 0.3) is 5.91 Å². The smallest absolute Gasteiger partial charge is 0.267 e. The van der Waals surface area contributed by atoms with Gasteiger partial charge >= 0.3 is 0 Å². The minimum absolute atomic E-state index is 0.0892. The molecule has 0 aliphatic carbocycles. The number of nitrogens with zero attached hydrogens (tertiary/aromatic N) is 1. The lowest BCUT2D eigenvalue weighted by Crippen LogP contribution is -2.14. The van der Waals surface area contributed by atoms with Crippen molar-refractivity contribution in [2.75, 3.05) is 23.8 Å². The summed E-state index contributed by atoms with van der Waals surface area (Å²) in [6, 6.07) is 13.1. The number of phenolic OH excluding ortho intramolecular Hbond substituents is 1. The second-order valence-corrected chi connectivity index (χ2v) is 5.34. The number of phenols is 1. The number of ether oxygens (including phenoxy) is 2. The van der Waals surface area contributed by atoms with Gasteiger partial charge in [-0.15, -0.1) is 0 Å². The van der Waals surface area contributed by atoms with Crippen LogP contribution >= 0.6 is 0 Å². The Kier molecular flexibility index (Phi) is 7.08. The van der Waals surface area contributed by atoms with Crippen LogP contribution in [0.15, 0.2) is 54.2 Å². The number of benzene rings is 2. The molecule has 0 unspecified atom stereocenters. The van der Waals surface area contributed by atoms with Crippen molar-refractivity contribution >= 4 is 17.3 Å². The van der Waals surface area contributed by atoms with Gasteiger partial charge in [0.1, 0.15) is 17.4 Å². The highest BCUT2D eigenvalue weighted by Crippen LogP contribution is 2.30. The third kappa shape index (κ3) is 5.68. The van der Waals surface area contributed by atoms with Gasteiger partial charge in [-0.1, -0.05) is 0 Å². The van der Waals surface area contributed by atoms with Crippen molar-refractivity contribution in [3.05, 3.63) is 54.2 Å². The van der Waals surface area contributed by atoms with Crippen molar-refractivity contribution in [1.29, 1.82) is 5.26 Å². The fraction of sp³-hybridized carbons (Fsp3) is 0.200. The van der Waals surface area contributed by atoms with Crippen LogP contribution in [0.5, 0.6) is 17.2 Å². The summed E-state index contributed by atoms with van der Waals surface area (Å²) in [7, 11) is 0. The van der Waals surface area contributed by atoms with Gasteiger partial charge < -0.3 is 25.2 Å². The molecule has 0 fully saturated rings. The van der Waals surface area contributed by atoms with Crippen molar-refractivity contribution < 1.29 is 19.4 Å². The van der Waals surface area contributed by atoms with E-state index in [2.05, 4.69) is 10.6 Å². The quantitative estimate of drug-likeness (QED) is 0.374. The van der Waals surface area contributed by atoms with Crippen LogP contribution in [-0.2, 0) is 4.79 Å². The third-order valence-corrected chi connectivity index (χ3v) is 3.42. The molecule has 0 bridgehead atoms. The lowest BCUT2D eigenvalue weighted by molar-refractivity contribution is -0.112. The number of carbonyl (C=O) groups is 1. The summed E-state index contributed by atoms with van der Waals surface area (Å²) in [5, 5.41) is 24.0. The number of aromatic hydroxyl groups is 1. The maximum absolute atomic E-state index is 12.2. The van der Waals surface area contributed by atoms with Crippen LogP contribution in [0, 0.1) is 11.3 Å². The molecular formula is C20H21N3O4. The molecule has 0 spiro atoms. The highest BCUT2D eigenvalue weighted by Gasteiger charge is 2.10. The number of amides is 1. The fourth-order valence-electron chi connectivity index (χ4n) is 2.19. The van der Waals surface area contributed by atoms with E-state index >= 15 is 0 Å². The van der Waals surface area contributed by atoms with Gasteiger partial charge in [-0.25, -0.2) is 0 Å². The Bertz CT molecular complexity index is 855. The van der Waals surface area contributed by atoms with Crippen molar-refractivity contribution in [3.63, 3.8) is 0 Å². The van der Waals surface area contributed by atoms with Crippen LogP contribution in [0.2, 0.25) is 0 Å². The SMILES string of the molecule is CCOc1ccc(N/C=C(/C#N)C(=O)Nc2ccc(O)cc2)cc1OCC. The largest absolute Gasteiger partial charge is 0.508 e. The number of hydrogen-bond donors (Lipinski definition) is 3. The molecular weight excluding hydrogens is 346 g/mol. The molecule has 2 rings (SSSR count).